The number of H-pyrrole nitrogens is 1. The molecule has 2 aromatic rings. The number of halogens is 2. The van der Waals surface area contributed by atoms with Crippen molar-refractivity contribution >= 4 is 5.91 Å². The summed E-state index contributed by atoms with van der Waals surface area (Å²) in [7, 11) is 0. The molecule has 2 aliphatic heterocycles. The van der Waals surface area contributed by atoms with Crippen LogP contribution in [0.3, 0.4) is 0 Å². The van der Waals surface area contributed by atoms with Crippen molar-refractivity contribution < 1.29 is 13.6 Å². The average molecular weight is 360 g/mol. The molecule has 1 aromatic carbocycles. The summed E-state index contributed by atoms with van der Waals surface area (Å²) in [5.41, 5.74) is 1.40. The molecule has 26 heavy (non-hydrogen) atoms. The van der Waals surface area contributed by atoms with Gasteiger partial charge in [0, 0.05) is 31.6 Å². The molecule has 0 aliphatic carbocycles. The lowest BCUT2D eigenvalue weighted by Gasteiger charge is -2.40. The number of rotatable bonds is 3. The zero-order valence-corrected chi connectivity index (χ0v) is 14.5. The predicted octanol–water partition coefficient (Wildman–Crippen LogP) is 2.82. The normalized spacial score (nSPS) is 23.7. The minimum absolute atomic E-state index is 0.00268. The van der Waals surface area contributed by atoms with Crippen molar-refractivity contribution in [2.24, 2.45) is 5.41 Å². The molecule has 2 saturated heterocycles. The van der Waals surface area contributed by atoms with Crippen LogP contribution in [0.4, 0.5) is 8.78 Å². The standard InChI is InChI=1S/C19H22F2N4O/c20-15-3-2-14(8-16(15)21)10-24-6-1-4-19(11-24)5-7-25(12-19)18(26)17-9-22-13-23-17/h2-3,8-9,13H,1,4-7,10-12H2,(H,22,23)/t19-/m0/s1. The van der Waals surface area contributed by atoms with E-state index in [1.165, 1.54) is 18.5 Å². The van der Waals surface area contributed by atoms with Crippen LogP contribution in [0.2, 0.25) is 0 Å². The number of aromatic amines is 1. The van der Waals surface area contributed by atoms with Crippen molar-refractivity contribution in [3.63, 3.8) is 0 Å². The molecule has 1 N–H and O–H groups in total. The molecule has 138 valence electrons. The lowest BCUT2D eigenvalue weighted by molar-refractivity contribution is 0.0671. The van der Waals surface area contributed by atoms with E-state index in [-0.39, 0.29) is 11.3 Å². The Labute approximate surface area is 151 Å². The van der Waals surface area contributed by atoms with Crippen molar-refractivity contribution in [2.45, 2.75) is 25.8 Å². The molecule has 7 heteroatoms. The summed E-state index contributed by atoms with van der Waals surface area (Å²) >= 11 is 0. The fourth-order valence-electron chi connectivity index (χ4n) is 4.33. The van der Waals surface area contributed by atoms with Crippen molar-refractivity contribution in [3.8, 4) is 0 Å². The maximum absolute atomic E-state index is 13.5. The monoisotopic (exact) mass is 360 g/mol. The summed E-state index contributed by atoms with van der Waals surface area (Å²) in [5.74, 6) is -1.61. The first-order valence-corrected chi connectivity index (χ1v) is 8.99. The first-order valence-electron chi connectivity index (χ1n) is 8.99. The minimum atomic E-state index is -0.812. The Hall–Kier alpha value is -2.28. The van der Waals surface area contributed by atoms with E-state index in [4.69, 9.17) is 0 Å². The Bertz CT molecular complexity index is 795. The van der Waals surface area contributed by atoms with Crippen molar-refractivity contribution in [2.75, 3.05) is 26.2 Å². The van der Waals surface area contributed by atoms with Gasteiger partial charge in [-0.1, -0.05) is 6.07 Å². The number of piperidine rings is 1. The molecule has 0 radical (unpaired) electrons. The van der Waals surface area contributed by atoms with Gasteiger partial charge in [-0.25, -0.2) is 13.8 Å². The van der Waals surface area contributed by atoms with Crippen LogP contribution in [0.15, 0.2) is 30.7 Å². The third kappa shape index (κ3) is 3.35. The van der Waals surface area contributed by atoms with Gasteiger partial charge >= 0.3 is 0 Å². The molecular weight excluding hydrogens is 338 g/mol. The average Bonchev–Trinajstić information content (AvgIpc) is 3.28. The first kappa shape index (κ1) is 17.1. The third-order valence-corrected chi connectivity index (χ3v) is 5.58. The molecule has 0 bridgehead atoms. The number of aromatic nitrogens is 2. The summed E-state index contributed by atoms with van der Waals surface area (Å²) in [6, 6.07) is 4.10. The Balaban J connectivity index is 1.41. The molecule has 0 saturated carbocycles. The number of hydrogen-bond donors (Lipinski definition) is 1. The molecule has 5 nitrogen and oxygen atoms in total. The Morgan fingerprint density at radius 2 is 2.08 bits per heavy atom. The van der Waals surface area contributed by atoms with Gasteiger partial charge in [0.05, 0.1) is 12.5 Å². The van der Waals surface area contributed by atoms with Crippen LogP contribution in [0.5, 0.6) is 0 Å². The van der Waals surface area contributed by atoms with Crippen LogP contribution in [0, 0.1) is 17.0 Å². The van der Waals surface area contributed by atoms with Gasteiger partial charge in [-0.2, -0.15) is 0 Å². The van der Waals surface area contributed by atoms with Gasteiger partial charge in [0.2, 0.25) is 0 Å². The number of benzene rings is 1. The second-order valence-electron chi connectivity index (χ2n) is 7.50. The van der Waals surface area contributed by atoms with E-state index in [0.717, 1.165) is 51.0 Å². The van der Waals surface area contributed by atoms with Gasteiger partial charge in [0.15, 0.2) is 11.6 Å². The Kier molecular flexibility index (Phi) is 4.48. The van der Waals surface area contributed by atoms with Crippen molar-refractivity contribution in [3.05, 3.63) is 53.6 Å². The number of nitrogens with one attached hydrogen (secondary N) is 1. The summed E-state index contributed by atoms with van der Waals surface area (Å²) in [6.45, 7) is 3.90. The van der Waals surface area contributed by atoms with Crippen LogP contribution in [0.25, 0.3) is 0 Å². The van der Waals surface area contributed by atoms with E-state index < -0.39 is 11.6 Å². The van der Waals surface area contributed by atoms with E-state index in [2.05, 4.69) is 14.9 Å². The second kappa shape index (κ2) is 6.79. The number of carbonyl (C=O) groups is 1. The molecule has 1 spiro atoms. The van der Waals surface area contributed by atoms with E-state index in [9.17, 15) is 13.6 Å². The van der Waals surface area contributed by atoms with Gasteiger partial charge in [-0.3, -0.25) is 9.69 Å². The van der Waals surface area contributed by atoms with Crippen LogP contribution in [-0.4, -0.2) is 51.9 Å². The van der Waals surface area contributed by atoms with E-state index in [0.29, 0.717) is 12.2 Å². The van der Waals surface area contributed by atoms with Gasteiger partial charge in [-0.05, 0) is 43.5 Å². The molecule has 4 rings (SSSR count). The third-order valence-electron chi connectivity index (χ3n) is 5.58. The number of amides is 1. The van der Waals surface area contributed by atoms with Gasteiger partial charge in [0.25, 0.3) is 5.91 Å². The lowest BCUT2D eigenvalue weighted by atomic mass is 9.79. The fraction of sp³-hybridized carbons (Fsp3) is 0.474. The largest absolute Gasteiger partial charge is 0.341 e. The first-order chi connectivity index (χ1) is 12.5. The SMILES string of the molecule is O=C(c1cnc[nH]1)N1CC[C@]2(CCCN(Cc3ccc(F)c(F)c3)C2)C1. The highest BCUT2D eigenvalue weighted by molar-refractivity contribution is 5.92. The number of carbonyl (C=O) groups excluding carboxylic acids is 1. The highest BCUT2D eigenvalue weighted by atomic mass is 19.2. The summed E-state index contributed by atoms with van der Waals surface area (Å²) in [5, 5.41) is 0. The van der Waals surface area contributed by atoms with E-state index >= 15 is 0 Å². The van der Waals surface area contributed by atoms with Crippen LogP contribution in [0.1, 0.15) is 35.3 Å². The zero-order valence-electron chi connectivity index (χ0n) is 14.5. The van der Waals surface area contributed by atoms with Crippen LogP contribution >= 0.6 is 0 Å². The molecular formula is C19H22F2N4O. The van der Waals surface area contributed by atoms with Gasteiger partial charge < -0.3 is 9.88 Å². The molecule has 0 unspecified atom stereocenters. The maximum Gasteiger partial charge on any atom is 0.271 e. The van der Waals surface area contributed by atoms with E-state index in [1.807, 2.05) is 4.90 Å². The highest BCUT2D eigenvalue weighted by Gasteiger charge is 2.43. The number of hydrogen-bond acceptors (Lipinski definition) is 3. The van der Waals surface area contributed by atoms with Crippen molar-refractivity contribution in [1.29, 1.82) is 0 Å². The summed E-state index contributed by atoms with van der Waals surface area (Å²) < 4.78 is 26.6. The zero-order chi connectivity index (χ0) is 18.1. The fourth-order valence-corrected chi connectivity index (χ4v) is 4.33. The quantitative estimate of drug-likeness (QED) is 0.916. The van der Waals surface area contributed by atoms with Crippen LogP contribution < -0.4 is 0 Å². The minimum Gasteiger partial charge on any atom is -0.341 e. The maximum atomic E-state index is 13.5. The molecule has 2 fully saturated rings. The number of imidazole rings is 1. The molecule has 3 heterocycles. The van der Waals surface area contributed by atoms with Crippen LogP contribution in [-0.2, 0) is 6.54 Å². The topological polar surface area (TPSA) is 52.2 Å². The predicted molar refractivity (Wildman–Crippen MR) is 92.4 cm³/mol. The van der Waals surface area contributed by atoms with E-state index in [1.54, 1.807) is 12.3 Å². The summed E-state index contributed by atoms with van der Waals surface area (Å²) in [4.78, 5) is 23.5. The van der Waals surface area contributed by atoms with Crippen molar-refractivity contribution in [1.82, 2.24) is 19.8 Å². The molecule has 1 amide bonds. The number of nitrogens with zero attached hydrogens (tertiary/aromatic N) is 3. The Morgan fingerprint density at radius 1 is 1.19 bits per heavy atom. The Morgan fingerprint density at radius 3 is 2.85 bits per heavy atom. The highest BCUT2D eigenvalue weighted by Crippen LogP contribution is 2.39. The lowest BCUT2D eigenvalue weighted by Crippen LogP contribution is -2.45. The molecule has 1 aromatic heterocycles. The summed E-state index contributed by atoms with van der Waals surface area (Å²) in [6.07, 6.45) is 6.19. The smallest absolute Gasteiger partial charge is 0.271 e. The molecule has 2 aliphatic rings. The molecule has 1 atom stereocenters. The van der Waals surface area contributed by atoms with Gasteiger partial charge in [0.1, 0.15) is 5.69 Å². The number of likely N-dealkylation sites (tertiary alicyclic amines) is 2. The van der Waals surface area contributed by atoms with Gasteiger partial charge in [-0.15, -0.1) is 0 Å². The second-order valence-corrected chi connectivity index (χ2v) is 7.50.